The molecule has 0 bridgehead atoms. The number of nitrogens with zero attached hydrogens (tertiary/aromatic N) is 1. The molecule has 4 aromatic rings. The van der Waals surface area contributed by atoms with E-state index in [0.717, 1.165) is 22.0 Å². The number of thiocarbonyl (C=S) groups is 1. The van der Waals surface area contributed by atoms with Crippen LogP contribution in [0.5, 0.6) is 0 Å². The number of benzene rings is 2. The molecule has 2 N–H and O–H groups in total. The molecule has 7 heteroatoms. The summed E-state index contributed by atoms with van der Waals surface area (Å²) in [6.45, 7) is 2.19. The van der Waals surface area contributed by atoms with Crippen LogP contribution in [0.15, 0.2) is 52.9 Å². The van der Waals surface area contributed by atoms with Crippen LogP contribution in [0.25, 0.3) is 21.2 Å². The number of carbonyl (C=O) groups is 1. The predicted molar refractivity (Wildman–Crippen MR) is 118 cm³/mol. The van der Waals surface area contributed by atoms with Crippen molar-refractivity contribution in [3.05, 3.63) is 59.9 Å². The molecule has 4 rings (SSSR count). The van der Waals surface area contributed by atoms with Crippen LogP contribution in [0, 0.1) is 0 Å². The Kier molecular flexibility index (Phi) is 5.36. The summed E-state index contributed by atoms with van der Waals surface area (Å²) >= 11 is 6.78. The third-order valence-corrected chi connectivity index (χ3v) is 5.51. The quantitative estimate of drug-likeness (QED) is 0.425. The average molecular weight is 410 g/mol. The van der Waals surface area contributed by atoms with Gasteiger partial charge in [0, 0.05) is 5.39 Å². The Hall–Kier alpha value is -2.77. The molecule has 0 saturated heterocycles. The number of nitrogens with one attached hydrogen (secondary N) is 2. The van der Waals surface area contributed by atoms with E-state index in [1.807, 2.05) is 30.3 Å². The van der Waals surface area contributed by atoms with Gasteiger partial charge in [-0.1, -0.05) is 48.9 Å². The van der Waals surface area contributed by atoms with Crippen LogP contribution in [0.2, 0.25) is 0 Å². The molecule has 0 aliphatic heterocycles. The topological polar surface area (TPSA) is 67.2 Å². The number of furan rings is 1. The third-order valence-electron chi connectivity index (χ3n) is 4.37. The van der Waals surface area contributed by atoms with Crippen molar-refractivity contribution >= 4 is 60.9 Å². The van der Waals surface area contributed by atoms with Gasteiger partial charge in [0.15, 0.2) is 16.0 Å². The number of carbonyl (C=O) groups excluding carboxylic acids is 1. The Morgan fingerprint density at radius 1 is 1.21 bits per heavy atom. The summed E-state index contributed by atoms with van der Waals surface area (Å²) in [6.07, 6.45) is 3.42. The minimum absolute atomic E-state index is 0.190. The molecular weight excluding hydrogens is 390 g/mol. The van der Waals surface area contributed by atoms with Crippen LogP contribution in [0.4, 0.5) is 5.13 Å². The van der Waals surface area contributed by atoms with E-state index >= 15 is 0 Å². The van der Waals surface area contributed by atoms with Crippen LogP contribution >= 0.6 is 23.6 Å². The lowest BCUT2D eigenvalue weighted by Crippen LogP contribution is -2.33. The number of thiazole rings is 1. The summed E-state index contributed by atoms with van der Waals surface area (Å²) < 4.78 is 6.66. The zero-order chi connectivity index (χ0) is 19.5. The van der Waals surface area contributed by atoms with Crippen molar-refractivity contribution < 1.29 is 9.21 Å². The second kappa shape index (κ2) is 8.08. The fourth-order valence-electron chi connectivity index (χ4n) is 2.95. The maximum atomic E-state index is 12.4. The van der Waals surface area contributed by atoms with Crippen molar-refractivity contribution in [1.82, 2.24) is 10.3 Å². The molecule has 28 heavy (non-hydrogen) atoms. The Labute approximate surface area is 171 Å². The zero-order valence-electron chi connectivity index (χ0n) is 15.3. The van der Waals surface area contributed by atoms with E-state index in [0.29, 0.717) is 10.7 Å². The van der Waals surface area contributed by atoms with Crippen LogP contribution < -0.4 is 10.6 Å². The van der Waals surface area contributed by atoms with Crippen LogP contribution in [0.1, 0.15) is 35.9 Å². The summed E-state index contributed by atoms with van der Waals surface area (Å²) in [6, 6.07) is 15.5. The summed E-state index contributed by atoms with van der Waals surface area (Å²) in [5, 5.41) is 7.35. The first-order valence-corrected chi connectivity index (χ1v) is 10.4. The zero-order valence-corrected chi connectivity index (χ0v) is 17.0. The highest BCUT2D eigenvalue weighted by molar-refractivity contribution is 7.80. The number of unbranched alkanes of at least 4 members (excludes halogenated alkanes) is 1. The Morgan fingerprint density at radius 2 is 2.07 bits per heavy atom. The molecule has 0 fully saturated rings. The van der Waals surface area contributed by atoms with Gasteiger partial charge in [-0.2, -0.15) is 0 Å². The number of rotatable bonds is 5. The predicted octanol–water partition coefficient (Wildman–Crippen LogP) is 5.51. The van der Waals surface area contributed by atoms with E-state index in [4.69, 9.17) is 16.6 Å². The molecular formula is C21H19N3O2S2. The lowest BCUT2D eigenvalue weighted by molar-refractivity contribution is 0.0953. The Bertz CT molecular complexity index is 1130. The molecule has 0 aliphatic carbocycles. The molecule has 142 valence electrons. The lowest BCUT2D eigenvalue weighted by Gasteiger charge is -2.04. The number of aryl methyl sites for hydroxylation is 1. The van der Waals surface area contributed by atoms with Crippen LogP contribution in [0.3, 0.4) is 0 Å². The number of hydrogen-bond donors (Lipinski definition) is 2. The van der Waals surface area contributed by atoms with Crippen molar-refractivity contribution in [2.45, 2.75) is 26.2 Å². The number of hydrogen-bond acceptors (Lipinski definition) is 5. The monoisotopic (exact) mass is 409 g/mol. The molecule has 5 nitrogen and oxygen atoms in total. The molecule has 0 atom stereocenters. The van der Waals surface area contributed by atoms with Crippen LogP contribution in [-0.2, 0) is 6.42 Å². The maximum absolute atomic E-state index is 12.4. The first-order chi connectivity index (χ1) is 13.6. The second-order valence-corrected chi connectivity index (χ2v) is 7.92. The minimum Gasteiger partial charge on any atom is -0.451 e. The smallest absolute Gasteiger partial charge is 0.293 e. The van der Waals surface area contributed by atoms with Crippen molar-refractivity contribution in [2.75, 3.05) is 5.32 Å². The van der Waals surface area contributed by atoms with E-state index in [1.165, 1.54) is 29.7 Å². The molecule has 0 radical (unpaired) electrons. The largest absolute Gasteiger partial charge is 0.451 e. The van der Waals surface area contributed by atoms with Gasteiger partial charge in [-0.05, 0) is 54.9 Å². The molecule has 0 aliphatic rings. The number of para-hydroxylation sites is 1. The van der Waals surface area contributed by atoms with Gasteiger partial charge < -0.3 is 9.73 Å². The normalized spacial score (nSPS) is 11.0. The number of aromatic nitrogens is 1. The van der Waals surface area contributed by atoms with E-state index < -0.39 is 5.91 Å². The molecule has 0 saturated carbocycles. The standard InChI is InChI=1S/C21H19N3O2S2/c1-2-3-6-13-9-10-15-18(11-13)28-21(22-15)24-20(27)23-19(25)17-12-14-7-4-5-8-16(14)26-17/h4-5,7-12H,2-3,6H2,1H3,(H2,22,23,24,25,27). The van der Waals surface area contributed by atoms with Gasteiger partial charge in [-0.15, -0.1) is 0 Å². The van der Waals surface area contributed by atoms with Gasteiger partial charge in [0.2, 0.25) is 0 Å². The van der Waals surface area contributed by atoms with E-state index in [-0.39, 0.29) is 10.9 Å². The summed E-state index contributed by atoms with van der Waals surface area (Å²) in [5.74, 6) is -0.174. The van der Waals surface area contributed by atoms with Crippen molar-refractivity contribution in [2.24, 2.45) is 0 Å². The van der Waals surface area contributed by atoms with Gasteiger partial charge >= 0.3 is 0 Å². The van der Waals surface area contributed by atoms with Gasteiger partial charge in [0.25, 0.3) is 5.91 Å². The third kappa shape index (κ3) is 4.05. The molecule has 2 heterocycles. The fourth-order valence-corrected chi connectivity index (χ4v) is 4.13. The molecule has 2 aromatic heterocycles. The van der Waals surface area contributed by atoms with Gasteiger partial charge in [0.05, 0.1) is 10.2 Å². The van der Waals surface area contributed by atoms with Crippen molar-refractivity contribution in [3.8, 4) is 0 Å². The van der Waals surface area contributed by atoms with Crippen molar-refractivity contribution in [3.63, 3.8) is 0 Å². The first-order valence-electron chi connectivity index (χ1n) is 9.13. The second-order valence-electron chi connectivity index (χ2n) is 6.48. The minimum atomic E-state index is -0.392. The van der Waals surface area contributed by atoms with E-state index in [1.54, 1.807) is 6.07 Å². The highest BCUT2D eigenvalue weighted by Crippen LogP contribution is 2.27. The molecule has 0 spiro atoms. The number of amides is 1. The number of anilines is 1. The van der Waals surface area contributed by atoms with Gasteiger partial charge in [-0.25, -0.2) is 4.98 Å². The van der Waals surface area contributed by atoms with Crippen molar-refractivity contribution in [1.29, 1.82) is 0 Å². The Morgan fingerprint density at radius 3 is 2.89 bits per heavy atom. The molecule has 2 aromatic carbocycles. The van der Waals surface area contributed by atoms with Crippen LogP contribution in [-0.4, -0.2) is 16.0 Å². The SMILES string of the molecule is CCCCc1ccc2nc(NC(=S)NC(=O)c3cc4ccccc4o3)sc2c1. The highest BCUT2D eigenvalue weighted by Gasteiger charge is 2.14. The lowest BCUT2D eigenvalue weighted by atomic mass is 10.1. The summed E-state index contributed by atoms with van der Waals surface area (Å²) in [7, 11) is 0. The molecule has 0 unspecified atom stereocenters. The summed E-state index contributed by atoms with van der Waals surface area (Å²) in [5.41, 5.74) is 2.89. The maximum Gasteiger partial charge on any atom is 0.293 e. The average Bonchev–Trinajstić information content (AvgIpc) is 3.29. The highest BCUT2D eigenvalue weighted by atomic mass is 32.1. The molecule has 1 amide bonds. The first kappa shape index (κ1) is 18.6. The fraction of sp³-hybridized carbons (Fsp3) is 0.190. The summed E-state index contributed by atoms with van der Waals surface area (Å²) in [4.78, 5) is 16.9. The van der Waals surface area contributed by atoms with Gasteiger partial charge in [0.1, 0.15) is 5.58 Å². The van der Waals surface area contributed by atoms with Gasteiger partial charge in [-0.3, -0.25) is 10.1 Å². The Balaban J connectivity index is 1.43. The van der Waals surface area contributed by atoms with E-state index in [2.05, 4.69) is 34.7 Å². The number of fused-ring (bicyclic) bond motifs is 2. The van der Waals surface area contributed by atoms with E-state index in [9.17, 15) is 4.79 Å².